The topological polar surface area (TPSA) is 64.3 Å². The van der Waals surface area contributed by atoms with Crippen LogP contribution in [0.5, 0.6) is 0 Å². The van der Waals surface area contributed by atoms with Gasteiger partial charge in [-0.05, 0) is 31.4 Å². The van der Waals surface area contributed by atoms with Gasteiger partial charge in [-0.2, -0.15) is 0 Å². The number of anilines is 2. The molecular weight excluding hydrogens is 276 g/mol. The highest BCUT2D eigenvalue weighted by Gasteiger charge is 2.19. The van der Waals surface area contributed by atoms with E-state index in [2.05, 4.69) is 5.32 Å². The summed E-state index contributed by atoms with van der Waals surface area (Å²) in [6.45, 7) is 2.91. The average molecular weight is 297 g/mol. The Labute approximate surface area is 124 Å². The molecular formula is C15H21ClN2O2. The molecule has 1 aliphatic rings. The normalized spacial score (nSPS) is 14.7. The predicted molar refractivity (Wildman–Crippen MR) is 82.3 cm³/mol. The third-order valence-corrected chi connectivity index (χ3v) is 3.99. The molecule has 4 nitrogen and oxygen atoms in total. The summed E-state index contributed by atoms with van der Waals surface area (Å²) in [6.07, 6.45) is 5.05. The maximum atomic E-state index is 12.0. The first-order valence-electron chi connectivity index (χ1n) is 7.11. The number of carbonyl (C=O) groups is 1. The number of nitrogens with two attached hydrogens (primary N) is 1. The van der Waals surface area contributed by atoms with Gasteiger partial charge in [-0.15, -0.1) is 0 Å². The Morgan fingerprint density at radius 3 is 2.85 bits per heavy atom. The first kappa shape index (κ1) is 15.0. The average Bonchev–Trinajstić information content (AvgIpc) is 2.34. The third kappa shape index (κ3) is 3.57. The van der Waals surface area contributed by atoms with Crippen LogP contribution in [0.3, 0.4) is 0 Å². The molecule has 0 unspecified atom stereocenters. The number of nitrogen functional groups attached to an aromatic ring is 1. The van der Waals surface area contributed by atoms with E-state index in [1.807, 2.05) is 0 Å². The van der Waals surface area contributed by atoms with E-state index in [4.69, 9.17) is 22.1 Å². The van der Waals surface area contributed by atoms with E-state index in [0.29, 0.717) is 28.6 Å². The molecule has 0 atom stereocenters. The van der Waals surface area contributed by atoms with Crippen molar-refractivity contribution >= 4 is 28.9 Å². The molecule has 0 bridgehead atoms. The number of esters is 1. The largest absolute Gasteiger partial charge is 0.462 e. The smallest absolute Gasteiger partial charge is 0.340 e. The lowest BCUT2D eigenvalue weighted by Crippen LogP contribution is -2.17. The van der Waals surface area contributed by atoms with E-state index < -0.39 is 5.97 Å². The van der Waals surface area contributed by atoms with Gasteiger partial charge in [0.2, 0.25) is 0 Å². The van der Waals surface area contributed by atoms with Gasteiger partial charge in [-0.3, -0.25) is 0 Å². The van der Waals surface area contributed by atoms with Crippen LogP contribution in [0.4, 0.5) is 11.4 Å². The lowest BCUT2D eigenvalue weighted by atomic mass is 9.83. The Bertz CT molecular complexity index is 487. The molecule has 1 aromatic rings. The minimum atomic E-state index is -0.396. The number of rotatable bonds is 6. The molecule has 1 aromatic carbocycles. The first-order chi connectivity index (χ1) is 9.61. The lowest BCUT2D eigenvalue weighted by molar-refractivity contribution is 0.0527. The Morgan fingerprint density at radius 1 is 1.50 bits per heavy atom. The van der Waals surface area contributed by atoms with Crippen LogP contribution >= 0.6 is 11.6 Å². The summed E-state index contributed by atoms with van der Waals surface area (Å²) >= 11 is 6.19. The molecule has 20 heavy (non-hydrogen) atoms. The molecule has 1 fully saturated rings. The van der Waals surface area contributed by atoms with Crippen molar-refractivity contribution in [2.45, 2.75) is 32.6 Å². The minimum absolute atomic E-state index is 0.326. The Hall–Kier alpha value is -1.42. The summed E-state index contributed by atoms with van der Waals surface area (Å²) in [5.74, 6) is 0.411. The number of benzene rings is 1. The number of hydrogen-bond acceptors (Lipinski definition) is 4. The summed E-state index contributed by atoms with van der Waals surface area (Å²) in [6, 6.07) is 3.26. The zero-order chi connectivity index (χ0) is 14.5. The minimum Gasteiger partial charge on any atom is -0.462 e. The number of ether oxygens (including phenoxy) is 1. The zero-order valence-corrected chi connectivity index (χ0v) is 12.5. The van der Waals surface area contributed by atoms with Crippen LogP contribution in [0.15, 0.2) is 12.1 Å². The SMILES string of the molecule is CCOC(=O)c1cc(N)cc(Cl)c1NCCC1CCC1. The van der Waals surface area contributed by atoms with Crippen LogP contribution in [0.25, 0.3) is 0 Å². The standard InChI is InChI=1S/C15H21ClN2O2/c1-2-20-15(19)12-8-11(17)9-13(16)14(12)18-7-6-10-4-3-5-10/h8-10,18H,2-7,17H2,1H3. The van der Waals surface area contributed by atoms with Crippen molar-refractivity contribution in [3.05, 3.63) is 22.7 Å². The van der Waals surface area contributed by atoms with E-state index in [-0.39, 0.29) is 0 Å². The highest BCUT2D eigenvalue weighted by Crippen LogP contribution is 2.32. The van der Waals surface area contributed by atoms with Crippen LogP contribution in [0, 0.1) is 5.92 Å². The molecule has 0 aromatic heterocycles. The number of nitrogens with one attached hydrogen (secondary N) is 1. The van der Waals surface area contributed by atoms with Crippen LogP contribution in [0.1, 0.15) is 43.0 Å². The van der Waals surface area contributed by atoms with Crippen LogP contribution in [-0.2, 0) is 4.74 Å². The highest BCUT2D eigenvalue weighted by molar-refractivity contribution is 6.34. The predicted octanol–water partition coefficient (Wildman–Crippen LogP) is 3.70. The van der Waals surface area contributed by atoms with E-state index >= 15 is 0 Å². The molecule has 1 saturated carbocycles. The molecule has 0 amide bonds. The van der Waals surface area contributed by atoms with Gasteiger partial charge in [-0.25, -0.2) is 4.79 Å². The highest BCUT2D eigenvalue weighted by atomic mass is 35.5. The molecule has 2 rings (SSSR count). The van der Waals surface area contributed by atoms with Gasteiger partial charge in [-0.1, -0.05) is 30.9 Å². The van der Waals surface area contributed by atoms with Gasteiger partial charge in [0.15, 0.2) is 0 Å². The quantitative estimate of drug-likeness (QED) is 0.620. The van der Waals surface area contributed by atoms with Gasteiger partial charge < -0.3 is 15.8 Å². The summed E-state index contributed by atoms with van der Waals surface area (Å²) in [5.41, 5.74) is 7.24. The first-order valence-corrected chi connectivity index (χ1v) is 7.49. The second kappa shape index (κ2) is 6.84. The van der Waals surface area contributed by atoms with Crippen molar-refractivity contribution in [3.63, 3.8) is 0 Å². The zero-order valence-electron chi connectivity index (χ0n) is 11.7. The van der Waals surface area contributed by atoms with Crippen molar-refractivity contribution in [3.8, 4) is 0 Å². The van der Waals surface area contributed by atoms with Crippen molar-refractivity contribution in [2.75, 3.05) is 24.2 Å². The molecule has 0 spiro atoms. The third-order valence-electron chi connectivity index (χ3n) is 3.69. The number of hydrogen-bond donors (Lipinski definition) is 2. The molecule has 5 heteroatoms. The summed E-state index contributed by atoms with van der Waals surface area (Å²) < 4.78 is 5.05. The van der Waals surface area contributed by atoms with Crippen LogP contribution in [-0.4, -0.2) is 19.1 Å². The molecule has 0 aliphatic heterocycles. The summed E-state index contributed by atoms with van der Waals surface area (Å²) in [7, 11) is 0. The van der Waals surface area contributed by atoms with Gasteiger partial charge >= 0.3 is 5.97 Å². The molecule has 0 radical (unpaired) electrons. The summed E-state index contributed by atoms with van der Waals surface area (Å²) in [4.78, 5) is 12.0. The second-order valence-electron chi connectivity index (χ2n) is 5.16. The van der Waals surface area contributed by atoms with E-state index in [1.165, 1.54) is 19.3 Å². The van der Waals surface area contributed by atoms with Gasteiger partial charge in [0, 0.05) is 12.2 Å². The lowest BCUT2D eigenvalue weighted by Gasteiger charge is -2.25. The maximum absolute atomic E-state index is 12.0. The fraction of sp³-hybridized carbons (Fsp3) is 0.533. The molecule has 0 saturated heterocycles. The molecule has 1 aliphatic carbocycles. The fourth-order valence-corrected chi connectivity index (χ4v) is 2.65. The van der Waals surface area contributed by atoms with Crippen molar-refractivity contribution in [1.82, 2.24) is 0 Å². The van der Waals surface area contributed by atoms with Gasteiger partial charge in [0.05, 0.1) is 22.9 Å². The van der Waals surface area contributed by atoms with Crippen LogP contribution in [0.2, 0.25) is 5.02 Å². The van der Waals surface area contributed by atoms with Crippen LogP contribution < -0.4 is 11.1 Å². The van der Waals surface area contributed by atoms with Crippen molar-refractivity contribution < 1.29 is 9.53 Å². The fourth-order valence-electron chi connectivity index (χ4n) is 2.36. The molecule has 110 valence electrons. The van der Waals surface area contributed by atoms with E-state index in [0.717, 1.165) is 18.9 Å². The molecule has 3 N–H and O–H groups in total. The number of carbonyl (C=O) groups excluding carboxylic acids is 1. The summed E-state index contributed by atoms with van der Waals surface area (Å²) in [5, 5.41) is 3.72. The Morgan fingerprint density at radius 2 is 2.25 bits per heavy atom. The molecule has 0 heterocycles. The monoisotopic (exact) mass is 296 g/mol. The van der Waals surface area contributed by atoms with Crippen molar-refractivity contribution in [2.24, 2.45) is 5.92 Å². The Kier molecular flexibility index (Phi) is 5.12. The van der Waals surface area contributed by atoms with E-state index in [1.54, 1.807) is 19.1 Å². The second-order valence-corrected chi connectivity index (χ2v) is 5.57. The maximum Gasteiger partial charge on any atom is 0.340 e. The van der Waals surface area contributed by atoms with Gasteiger partial charge in [0.25, 0.3) is 0 Å². The van der Waals surface area contributed by atoms with Crippen molar-refractivity contribution in [1.29, 1.82) is 0 Å². The number of halogens is 1. The Balaban J connectivity index is 2.09. The van der Waals surface area contributed by atoms with E-state index in [9.17, 15) is 4.79 Å². The van der Waals surface area contributed by atoms with Gasteiger partial charge in [0.1, 0.15) is 0 Å².